The Labute approximate surface area is 129 Å². The molecule has 0 aromatic heterocycles. The highest BCUT2D eigenvalue weighted by Gasteiger charge is 2.24. The number of hydrogen-bond acceptors (Lipinski definition) is 0. The molecule has 3 atom stereocenters. The van der Waals surface area contributed by atoms with E-state index in [0.717, 1.165) is 35.5 Å². The van der Waals surface area contributed by atoms with Crippen LogP contribution in [0.4, 0.5) is 0 Å². The van der Waals surface area contributed by atoms with Crippen LogP contribution in [-0.2, 0) is 0 Å². The van der Waals surface area contributed by atoms with Gasteiger partial charge in [-0.25, -0.2) is 0 Å². The van der Waals surface area contributed by atoms with Gasteiger partial charge in [0.1, 0.15) is 0 Å². The fourth-order valence-electron chi connectivity index (χ4n) is 3.78. The second-order valence-electron chi connectivity index (χ2n) is 8.50. The minimum Gasteiger partial charge on any atom is -0.0628 e. The second kappa shape index (κ2) is 9.11. The molecule has 1 fully saturated rings. The van der Waals surface area contributed by atoms with E-state index >= 15 is 0 Å². The van der Waals surface area contributed by atoms with Crippen molar-refractivity contribution in [2.45, 2.75) is 92.9 Å². The highest BCUT2D eigenvalue weighted by molar-refractivity contribution is 4.75. The van der Waals surface area contributed by atoms with Crippen molar-refractivity contribution < 1.29 is 0 Å². The minimum absolute atomic E-state index is 0.868. The van der Waals surface area contributed by atoms with Crippen LogP contribution in [0, 0.1) is 35.5 Å². The highest BCUT2D eigenvalue weighted by Crippen LogP contribution is 2.36. The van der Waals surface area contributed by atoms with E-state index in [4.69, 9.17) is 0 Å². The fraction of sp³-hybridized carbons (Fsp3) is 1.00. The first-order valence-corrected chi connectivity index (χ1v) is 9.40. The molecular formula is C20H40. The summed E-state index contributed by atoms with van der Waals surface area (Å²) in [7, 11) is 0. The molecule has 0 saturated heterocycles. The minimum atomic E-state index is 0.868. The van der Waals surface area contributed by atoms with Crippen molar-refractivity contribution in [3.8, 4) is 0 Å². The Morgan fingerprint density at radius 3 is 1.70 bits per heavy atom. The van der Waals surface area contributed by atoms with Crippen molar-refractivity contribution in [3.05, 3.63) is 0 Å². The molecule has 120 valence electrons. The summed E-state index contributed by atoms with van der Waals surface area (Å²) in [6.07, 6.45) is 11.7. The standard InChI is InChI=1S/C20H40/c1-15(2)7-10-17(4)18(5)11-12-19(6)20-13-8-16(3)9-14-20/h15-20H,7-14H2,1-6H3. The van der Waals surface area contributed by atoms with Crippen LogP contribution in [0.2, 0.25) is 0 Å². The summed E-state index contributed by atoms with van der Waals surface area (Å²) in [5, 5.41) is 0. The summed E-state index contributed by atoms with van der Waals surface area (Å²) < 4.78 is 0. The zero-order chi connectivity index (χ0) is 15.1. The van der Waals surface area contributed by atoms with E-state index in [1.54, 1.807) is 0 Å². The van der Waals surface area contributed by atoms with E-state index in [-0.39, 0.29) is 0 Å². The van der Waals surface area contributed by atoms with Crippen molar-refractivity contribution in [2.24, 2.45) is 35.5 Å². The third-order valence-electron chi connectivity index (χ3n) is 6.11. The van der Waals surface area contributed by atoms with Crippen LogP contribution in [0.5, 0.6) is 0 Å². The molecule has 3 unspecified atom stereocenters. The van der Waals surface area contributed by atoms with Crippen LogP contribution >= 0.6 is 0 Å². The fourth-order valence-corrected chi connectivity index (χ4v) is 3.78. The first kappa shape index (κ1) is 18.1. The van der Waals surface area contributed by atoms with Crippen molar-refractivity contribution >= 4 is 0 Å². The first-order chi connectivity index (χ1) is 9.40. The molecule has 0 heterocycles. The van der Waals surface area contributed by atoms with Gasteiger partial charge in [0.15, 0.2) is 0 Å². The molecule has 20 heavy (non-hydrogen) atoms. The van der Waals surface area contributed by atoms with Gasteiger partial charge in [0.25, 0.3) is 0 Å². The quantitative estimate of drug-likeness (QED) is 0.452. The first-order valence-electron chi connectivity index (χ1n) is 9.40. The zero-order valence-corrected chi connectivity index (χ0v) is 15.1. The Morgan fingerprint density at radius 2 is 1.20 bits per heavy atom. The van der Waals surface area contributed by atoms with Gasteiger partial charge in [-0.3, -0.25) is 0 Å². The van der Waals surface area contributed by atoms with Gasteiger partial charge < -0.3 is 0 Å². The van der Waals surface area contributed by atoms with Crippen molar-refractivity contribution in [1.82, 2.24) is 0 Å². The van der Waals surface area contributed by atoms with Crippen LogP contribution in [0.25, 0.3) is 0 Å². The molecule has 0 heteroatoms. The predicted octanol–water partition coefficient (Wildman–Crippen LogP) is 6.94. The topological polar surface area (TPSA) is 0 Å². The summed E-state index contributed by atoms with van der Waals surface area (Å²) in [6.45, 7) is 14.6. The Balaban J connectivity index is 2.20. The van der Waals surface area contributed by atoms with Crippen LogP contribution in [-0.4, -0.2) is 0 Å². The van der Waals surface area contributed by atoms with E-state index in [1.807, 2.05) is 0 Å². The summed E-state index contributed by atoms with van der Waals surface area (Å²) >= 11 is 0. The number of rotatable bonds is 8. The normalized spacial score (nSPS) is 28.4. The Morgan fingerprint density at radius 1 is 0.700 bits per heavy atom. The lowest BCUT2D eigenvalue weighted by Gasteiger charge is -2.32. The second-order valence-corrected chi connectivity index (χ2v) is 8.50. The maximum atomic E-state index is 2.52. The van der Waals surface area contributed by atoms with Crippen LogP contribution in [0.1, 0.15) is 92.9 Å². The van der Waals surface area contributed by atoms with E-state index in [9.17, 15) is 0 Å². The molecule has 0 nitrogen and oxygen atoms in total. The molecule has 0 bridgehead atoms. The molecule has 0 N–H and O–H groups in total. The molecule has 0 radical (unpaired) electrons. The molecule has 1 aliphatic rings. The molecule has 0 aliphatic heterocycles. The highest BCUT2D eigenvalue weighted by atomic mass is 14.3. The van der Waals surface area contributed by atoms with Gasteiger partial charge in [-0.15, -0.1) is 0 Å². The molecular weight excluding hydrogens is 240 g/mol. The molecule has 1 rings (SSSR count). The Kier molecular flexibility index (Phi) is 8.22. The van der Waals surface area contributed by atoms with Gasteiger partial charge in [-0.05, 0) is 48.3 Å². The smallest absolute Gasteiger partial charge is 0.0388 e. The van der Waals surface area contributed by atoms with Crippen molar-refractivity contribution in [3.63, 3.8) is 0 Å². The lowest BCUT2D eigenvalue weighted by Crippen LogP contribution is -2.20. The lowest BCUT2D eigenvalue weighted by atomic mass is 9.74. The van der Waals surface area contributed by atoms with E-state index in [0.29, 0.717) is 0 Å². The molecule has 1 saturated carbocycles. The SMILES string of the molecule is CC(C)CCC(C)C(C)CCC(C)C1CCC(C)CC1. The van der Waals surface area contributed by atoms with Crippen molar-refractivity contribution in [2.75, 3.05) is 0 Å². The predicted molar refractivity (Wildman–Crippen MR) is 91.9 cm³/mol. The molecule has 0 amide bonds. The largest absolute Gasteiger partial charge is 0.0628 e. The summed E-state index contributed by atoms with van der Waals surface area (Å²) in [5.74, 6) is 5.68. The van der Waals surface area contributed by atoms with E-state index in [1.165, 1.54) is 51.4 Å². The lowest BCUT2D eigenvalue weighted by molar-refractivity contribution is 0.199. The van der Waals surface area contributed by atoms with Gasteiger partial charge >= 0.3 is 0 Å². The van der Waals surface area contributed by atoms with Crippen molar-refractivity contribution in [1.29, 1.82) is 0 Å². The van der Waals surface area contributed by atoms with Gasteiger partial charge in [-0.2, -0.15) is 0 Å². The molecule has 0 aromatic carbocycles. The maximum absolute atomic E-state index is 2.52. The molecule has 0 aromatic rings. The van der Waals surface area contributed by atoms with Gasteiger partial charge in [0.05, 0.1) is 0 Å². The summed E-state index contributed by atoms with van der Waals surface area (Å²) in [6, 6.07) is 0. The van der Waals surface area contributed by atoms with Crippen LogP contribution in [0.15, 0.2) is 0 Å². The van der Waals surface area contributed by atoms with Gasteiger partial charge in [-0.1, -0.05) is 80.1 Å². The summed E-state index contributed by atoms with van der Waals surface area (Å²) in [4.78, 5) is 0. The molecule has 0 spiro atoms. The Hall–Kier alpha value is 0. The van der Waals surface area contributed by atoms with E-state index in [2.05, 4.69) is 41.5 Å². The average Bonchev–Trinajstić information content (AvgIpc) is 2.42. The maximum Gasteiger partial charge on any atom is -0.0388 e. The zero-order valence-electron chi connectivity index (χ0n) is 15.1. The van der Waals surface area contributed by atoms with Crippen LogP contribution < -0.4 is 0 Å². The van der Waals surface area contributed by atoms with Gasteiger partial charge in [0.2, 0.25) is 0 Å². The third-order valence-corrected chi connectivity index (χ3v) is 6.11. The van der Waals surface area contributed by atoms with E-state index < -0.39 is 0 Å². The Bertz CT molecular complexity index is 234. The van der Waals surface area contributed by atoms with Gasteiger partial charge in [0, 0.05) is 0 Å². The monoisotopic (exact) mass is 280 g/mol. The average molecular weight is 281 g/mol. The molecule has 1 aliphatic carbocycles. The number of hydrogen-bond donors (Lipinski definition) is 0. The van der Waals surface area contributed by atoms with Crippen LogP contribution in [0.3, 0.4) is 0 Å². The third kappa shape index (κ3) is 6.64. The summed E-state index contributed by atoms with van der Waals surface area (Å²) in [5.41, 5.74) is 0.